The quantitative estimate of drug-likeness (QED) is 0.502. The summed E-state index contributed by atoms with van der Waals surface area (Å²) in [6.07, 6.45) is 3.62. The molecule has 0 unspecified atom stereocenters. The van der Waals surface area contributed by atoms with E-state index in [0.29, 0.717) is 51.1 Å². The van der Waals surface area contributed by atoms with Crippen molar-refractivity contribution in [3.63, 3.8) is 0 Å². The number of aryl methyl sites for hydroxylation is 3. The first kappa shape index (κ1) is 27.7. The molecule has 0 saturated carbocycles. The first-order valence-electron chi connectivity index (χ1n) is 14.1. The fraction of sp³-hybridized carbons (Fsp3) is 0.452. The molecule has 2 aromatic carbocycles. The number of hydrogen-bond donors (Lipinski definition) is 0. The Labute approximate surface area is 236 Å². The summed E-state index contributed by atoms with van der Waals surface area (Å²) in [4.78, 5) is 32.5. The molecule has 2 aliphatic heterocycles. The second-order valence-corrected chi connectivity index (χ2v) is 10.6. The Balaban J connectivity index is 1.38. The van der Waals surface area contributed by atoms with E-state index in [2.05, 4.69) is 28.2 Å². The second kappa shape index (κ2) is 12.6. The van der Waals surface area contributed by atoms with Gasteiger partial charge in [-0.05, 0) is 54.8 Å². The van der Waals surface area contributed by atoms with E-state index < -0.39 is 0 Å². The zero-order chi connectivity index (χ0) is 28.1. The Morgan fingerprint density at radius 2 is 1.80 bits per heavy atom. The van der Waals surface area contributed by atoms with Gasteiger partial charge >= 0.3 is 0 Å². The van der Waals surface area contributed by atoms with Crippen LogP contribution in [0.25, 0.3) is 0 Å². The number of nitrogens with zero attached hydrogens (tertiary/aromatic N) is 5. The normalized spacial score (nSPS) is 16.8. The number of rotatable bonds is 4. The molecule has 2 bridgehead atoms. The van der Waals surface area contributed by atoms with Gasteiger partial charge in [-0.25, -0.2) is 0 Å². The van der Waals surface area contributed by atoms with Crippen molar-refractivity contribution in [1.82, 2.24) is 19.6 Å². The maximum absolute atomic E-state index is 13.3. The smallest absolute Gasteiger partial charge is 0.253 e. The predicted octanol–water partition coefficient (Wildman–Crippen LogP) is 3.08. The number of anilines is 1. The zero-order valence-corrected chi connectivity index (χ0v) is 23.8. The van der Waals surface area contributed by atoms with E-state index >= 15 is 0 Å². The highest BCUT2D eigenvalue weighted by Gasteiger charge is 2.20. The monoisotopic (exact) mass is 545 g/mol. The van der Waals surface area contributed by atoms with E-state index in [0.717, 1.165) is 60.1 Å². The number of amides is 2. The zero-order valence-electron chi connectivity index (χ0n) is 23.8. The highest BCUT2D eigenvalue weighted by molar-refractivity contribution is 5.94. The van der Waals surface area contributed by atoms with E-state index in [-0.39, 0.29) is 11.8 Å². The summed E-state index contributed by atoms with van der Waals surface area (Å²) in [6.45, 7) is 6.82. The van der Waals surface area contributed by atoms with Crippen molar-refractivity contribution in [3.05, 3.63) is 76.6 Å². The molecular weight excluding hydrogens is 506 g/mol. The van der Waals surface area contributed by atoms with Crippen LogP contribution in [0.3, 0.4) is 0 Å². The predicted molar refractivity (Wildman–Crippen MR) is 154 cm³/mol. The minimum Gasteiger partial charge on any atom is -0.491 e. The maximum Gasteiger partial charge on any atom is 0.253 e. The maximum atomic E-state index is 13.3. The van der Waals surface area contributed by atoms with E-state index in [1.807, 2.05) is 49.3 Å². The summed E-state index contributed by atoms with van der Waals surface area (Å²) in [5, 5.41) is 4.39. The minimum atomic E-state index is -0.0455. The van der Waals surface area contributed by atoms with Crippen molar-refractivity contribution in [1.29, 1.82) is 0 Å². The van der Waals surface area contributed by atoms with Crippen LogP contribution in [0, 0.1) is 6.92 Å². The van der Waals surface area contributed by atoms with Crippen LogP contribution in [-0.4, -0.2) is 91.0 Å². The molecule has 9 nitrogen and oxygen atoms in total. The molecule has 3 heterocycles. The third-order valence-corrected chi connectivity index (χ3v) is 7.74. The Morgan fingerprint density at radius 1 is 0.975 bits per heavy atom. The molecule has 0 radical (unpaired) electrons. The van der Waals surface area contributed by atoms with Crippen LogP contribution in [0.4, 0.5) is 5.69 Å². The number of benzene rings is 2. The fourth-order valence-electron chi connectivity index (χ4n) is 5.41. The first-order chi connectivity index (χ1) is 19.4. The molecule has 0 atom stereocenters. The van der Waals surface area contributed by atoms with Crippen molar-refractivity contribution >= 4 is 17.5 Å². The number of ether oxygens (including phenoxy) is 2. The number of carbonyl (C=O) groups excluding carboxylic acids is 2. The highest BCUT2D eigenvalue weighted by Crippen LogP contribution is 2.29. The molecule has 9 heteroatoms. The van der Waals surface area contributed by atoms with E-state index in [9.17, 15) is 9.59 Å². The van der Waals surface area contributed by atoms with Crippen LogP contribution in [-0.2, 0) is 29.4 Å². The Bertz CT molecular complexity index is 1350. The standard InChI is InChI=1S/C31H39N5O4/c1-23-26(22-34(3)32-23)7-10-30(37)36-12-11-33(2)31(38)25-6-4-5-24(19-25)20-27-21-28(35-13-16-39-17-14-35)8-9-29(27)40-18-15-36/h4-6,8-9,19,21-22H,7,10-18,20H2,1-3H3. The fourth-order valence-corrected chi connectivity index (χ4v) is 5.41. The summed E-state index contributed by atoms with van der Waals surface area (Å²) in [7, 11) is 3.68. The summed E-state index contributed by atoms with van der Waals surface area (Å²) < 4.78 is 13.6. The van der Waals surface area contributed by atoms with Crippen molar-refractivity contribution < 1.29 is 19.1 Å². The summed E-state index contributed by atoms with van der Waals surface area (Å²) in [5.41, 5.74) is 5.92. The number of morpholine rings is 1. The van der Waals surface area contributed by atoms with Crippen LogP contribution in [0.15, 0.2) is 48.7 Å². The van der Waals surface area contributed by atoms with E-state index in [4.69, 9.17) is 9.47 Å². The van der Waals surface area contributed by atoms with Gasteiger partial charge in [0.05, 0.1) is 25.5 Å². The molecule has 5 rings (SSSR count). The average Bonchev–Trinajstić information content (AvgIpc) is 3.30. The van der Waals surface area contributed by atoms with Crippen molar-refractivity contribution in [2.75, 3.05) is 64.5 Å². The van der Waals surface area contributed by atoms with Gasteiger partial charge in [0.25, 0.3) is 5.91 Å². The summed E-state index contributed by atoms with van der Waals surface area (Å²) in [5.74, 6) is 0.807. The number of aromatic nitrogens is 2. The van der Waals surface area contributed by atoms with Crippen LogP contribution in [0.2, 0.25) is 0 Å². The lowest BCUT2D eigenvalue weighted by molar-refractivity contribution is -0.131. The third kappa shape index (κ3) is 6.65. The largest absolute Gasteiger partial charge is 0.491 e. The number of fused-ring (bicyclic) bond motifs is 3. The Morgan fingerprint density at radius 3 is 2.58 bits per heavy atom. The first-order valence-corrected chi connectivity index (χ1v) is 14.1. The molecule has 2 amide bonds. The van der Waals surface area contributed by atoms with E-state index in [1.165, 1.54) is 0 Å². The molecular formula is C31H39N5O4. The molecule has 3 aromatic rings. The minimum absolute atomic E-state index is 0.0455. The average molecular weight is 546 g/mol. The van der Waals surface area contributed by atoms with Crippen LogP contribution in [0.1, 0.15) is 39.2 Å². The topological polar surface area (TPSA) is 80.1 Å². The molecule has 1 aromatic heterocycles. The van der Waals surface area contributed by atoms with Crippen molar-refractivity contribution in [3.8, 4) is 5.75 Å². The van der Waals surface area contributed by atoms with Gasteiger partial charge in [-0.1, -0.05) is 12.1 Å². The molecule has 212 valence electrons. The third-order valence-electron chi connectivity index (χ3n) is 7.74. The van der Waals surface area contributed by atoms with Gasteiger partial charge in [-0.15, -0.1) is 0 Å². The van der Waals surface area contributed by atoms with Gasteiger partial charge in [-0.3, -0.25) is 14.3 Å². The van der Waals surface area contributed by atoms with E-state index in [1.54, 1.807) is 16.6 Å². The summed E-state index contributed by atoms with van der Waals surface area (Å²) in [6, 6.07) is 14.1. The van der Waals surface area contributed by atoms with Crippen LogP contribution < -0.4 is 9.64 Å². The number of carbonyl (C=O) groups is 2. The molecule has 40 heavy (non-hydrogen) atoms. The SMILES string of the molecule is Cc1nn(C)cc1CCC(=O)N1CCOc2ccc(N3CCOCC3)cc2Cc2cccc(c2)C(=O)N(C)CC1. The van der Waals surface area contributed by atoms with Gasteiger partial charge in [0.15, 0.2) is 0 Å². The van der Waals surface area contributed by atoms with Gasteiger partial charge in [0.2, 0.25) is 5.91 Å². The molecule has 0 spiro atoms. The van der Waals surface area contributed by atoms with Crippen molar-refractivity contribution in [2.24, 2.45) is 7.05 Å². The van der Waals surface area contributed by atoms with Crippen LogP contribution >= 0.6 is 0 Å². The van der Waals surface area contributed by atoms with Gasteiger partial charge in [0.1, 0.15) is 12.4 Å². The lowest BCUT2D eigenvalue weighted by Crippen LogP contribution is -2.41. The molecule has 0 aliphatic carbocycles. The Hall–Kier alpha value is -3.85. The molecule has 0 N–H and O–H groups in total. The molecule has 2 aliphatic rings. The van der Waals surface area contributed by atoms with Gasteiger partial charge < -0.3 is 24.2 Å². The second-order valence-electron chi connectivity index (χ2n) is 10.6. The number of likely N-dealkylation sites (N-methyl/N-ethyl adjacent to an activating group) is 1. The molecule has 1 fully saturated rings. The van der Waals surface area contributed by atoms with Crippen LogP contribution in [0.5, 0.6) is 5.75 Å². The van der Waals surface area contributed by atoms with Crippen molar-refractivity contribution in [2.45, 2.75) is 26.2 Å². The summed E-state index contributed by atoms with van der Waals surface area (Å²) >= 11 is 0. The Kier molecular flexibility index (Phi) is 8.69. The lowest BCUT2D eigenvalue weighted by Gasteiger charge is -2.30. The van der Waals surface area contributed by atoms with Gasteiger partial charge in [0, 0.05) is 76.1 Å². The number of hydrogen-bond acceptors (Lipinski definition) is 6. The highest BCUT2D eigenvalue weighted by atomic mass is 16.5. The molecule has 1 saturated heterocycles. The van der Waals surface area contributed by atoms with Gasteiger partial charge in [-0.2, -0.15) is 5.10 Å². The lowest BCUT2D eigenvalue weighted by atomic mass is 10.0.